The number of allylic oxidation sites excluding steroid dienone is 2. The summed E-state index contributed by atoms with van der Waals surface area (Å²) < 4.78 is 0. The van der Waals surface area contributed by atoms with Gasteiger partial charge < -0.3 is 4.90 Å². The fraction of sp³-hybridized carbons (Fsp3) is 0.0385. The zero-order chi connectivity index (χ0) is 20.8. The van der Waals surface area contributed by atoms with E-state index >= 15 is 0 Å². The summed E-state index contributed by atoms with van der Waals surface area (Å²) in [5.74, 6) is 6.00. The summed E-state index contributed by atoms with van der Waals surface area (Å²) in [7, 11) is 0. The molecule has 0 atom stereocenters. The van der Waals surface area contributed by atoms with Gasteiger partial charge in [-0.3, -0.25) is 9.78 Å². The van der Waals surface area contributed by atoms with Gasteiger partial charge in [-0.15, -0.1) is 0 Å². The smallest absolute Gasteiger partial charge is 0.259 e. The Morgan fingerprint density at radius 2 is 1.73 bits per heavy atom. The molecule has 0 radical (unpaired) electrons. The maximum Gasteiger partial charge on any atom is 0.259 e. The highest BCUT2D eigenvalue weighted by molar-refractivity contribution is 5.96. The third-order valence-corrected chi connectivity index (χ3v) is 4.64. The molecule has 1 aliphatic rings. The van der Waals surface area contributed by atoms with Crippen LogP contribution in [0.5, 0.6) is 0 Å². The minimum atomic E-state index is -0.136. The molecule has 142 valence electrons. The topological polar surface area (TPSA) is 57.0 Å². The molecule has 0 fully saturated rings. The highest BCUT2D eigenvalue weighted by atomic mass is 16.2. The summed E-state index contributed by atoms with van der Waals surface area (Å²) in [5, 5.41) is 9.07. The second-order valence-electron chi connectivity index (χ2n) is 6.70. The van der Waals surface area contributed by atoms with Crippen LogP contribution in [-0.4, -0.2) is 22.3 Å². The molecule has 4 heteroatoms. The van der Waals surface area contributed by atoms with Crippen LogP contribution in [0.2, 0.25) is 0 Å². The van der Waals surface area contributed by atoms with Crippen molar-refractivity contribution in [2.75, 3.05) is 6.54 Å². The molecular weight excluding hydrogens is 370 g/mol. The lowest BCUT2D eigenvalue weighted by molar-refractivity contribution is 0.0834. The van der Waals surface area contributed by atoms with E-state index in [-0.39, 0.29) is 5.91 Å². The average molecular weight is 387 g/mol. The van der Waals surface area contributed by atoms with Gasteiger partial charge in [-0.2, -0.15) is 5.26 Å². The molecule has 30 heavy (non-hydrogen) atoms. The summed E-state index contributed by atoms with van der Waals surface area (Å²) in [6.45, 7) is 0.446. The maximum absolute atomic E-state index is 12.9. The molecule has 1 aromatic heterocycles. The molecule has 2 heterocycles. The van der Waals surface area contributed by atoms with Crippen LogP contribution in [0.15, 0.2) is 91.4 Å². The number of amides is 1. The molecule has 1 aliphatic heterocycles. The van der Waals surface area contributed by atoms with Crippen LogP contribution >= 0.6 is 0 Å². The van der Waals surface area contributed by atoms with Crippen molar-refractivity contribution in [1.29, 1.82) is 5.26 Å². The van der Waals surface area contributed by atoms with Gasteiger partial charge in [0.05, 0.1) is 17.2 Å². The lowest BCUT2D eigenvalue weighted by atomic mass is 10.0. The number of carbonyl (C=O) groups is 1. The molecule has 2 aromatic carbocycles. The number of benzene rings is 2. The van der Waals surface area contributed by atoms with Gasteiger partial charge in [-0.05, 0) is 47.5 Å². The van der Waals surface area contributed by atoms with Gasteiger partial charge in [0.25, 0.3) is 5.91 Å². The first kappa shape index (κ1) is 18.9. The molecule has 0 saturated heterocycles. The van der Waals surface area contributed by atoms with E-state index in [1.54, 1.807) is 35.6 Å². The van der Waals surface area contributed by atoms with Gasteiger partial charge in [0, 0.05) is 36.3 Å². The summed E-state index contributed by atoms with van der Waals surface area (Å²) in [5.41, 5.74) is 4.64. The first-order valence-corrected chi connectivity index (χ1v) is 9.45. The molecule has 4 rings (SSSR count). The van der Waals surface area contributed by atoms with Crippen molar-refractivity contribution in [2.24, 2.45) is 0 Å². The van der Waals surface area contributed by atoms with Crippen molar-refractivity contribution in [1.82, 2.24) is 9.88 Å². The van der Waals surface area contributed by atoms with Crippen LogP contribution in [0.1, 0.15) is 32.6 Å². The molecule has 0 aliphatic carbocycles. The Bertz CT molecular complexity index is 1250. The Hall–Kier alpha value is -4.41. The van der Waals surface area contributed by atoms with Crippen molar-refractivity contribution in [2.45, 2.75) is 0 Å². The van der Waals surface area contributed by atoms with E-state index < -0.39 is 0 Å². The van der Waals surface area contributed by atoms with Crippen LogP contribution in [0.3, 0.4) is 0 Å². The van der Waals surface area contributed by atoms with E-state index in [1.807, 2.05) is 60.7 Å². The SMILES string of the molecule is N#Cc1cccc(C2=CCN(C(=O)c3cncc(C#Cc4ccccc4)c3)C=C2)c1. The molecule has 3 aromatic rings. The number of hydrogen-bond acceptors (Lipinski definition) is 3. The fourth-order valence-electron chi connectivity index (χ4n) is 3.09. The number of rotatable bonds is 2. The summed E-state index contributed by atoms with van der Waals surface area (Å²) in [6, 6.07) is 21.0. The number of aromatic nitrogens is 1. The van der Waals surface area contributed by atoms with Crippen LogP contribution < -0.4 is 0 Å². The van der Waals surface area contributed by atoms with Crippen molar-refractivity contribution in [3.63, 3.8) is 0 Å². The van der Waals surface area contributed by atoms with E-state index in [1.165, 1.54) is 0 Å². The van der Waals surface area contributed by atoms with Gasteiger partial charge in [-0.25, -0.2) is 0 Å². The molecule has 0 unspecified atom stereocenters. The average Bonchev–Trinajstić information content (AvgIpc) is 2.83. The van der Waals surface area contributed by atoms with Crippen LogP contribution in [0, 0.1) is 23.2 Å². The van der Waals surface area contributed by atoms with E-state index in [9.17, 15) is 4.79 Å². The number of nitriles is 1. The molecule has 0 saturated carbocycles. The monoisotopic (exact) mass is 387 g/mol. The van der Waals surface area contributed by atoms with Crippen molar-refractivity contribution in [3.05, 3.63) is 119 Å². The van der Waals surface area contributed by atoms with Crippen molar-refractivity contribution >= 4 is 11.5 Å². The predicted octanol–water partition coefficient (Wildman–Crippen LogP) is 4.41. The molecule has 4 nitrogen and oxygen atoms in total. The van der Waals surface area contributed by atoms with Gasteiger partial charge in [0.15, 0.2) is 0 Å². The largest absolute Gasteiger partial charge is 0.311 e. The second-order valence-corrected chi connectivity index (χ2v) is 6.70. The van der Waals surface area contributed by atoms with Crippen molar-refractivity contribution in [3.8, 4) is 17.9 Å². The normalized spacial score (nSPS) is 12.4. The van der Waals surface area contributed by atoms with Gasteiger partial charge in [-0.1, -0.05) is 48.2 Å². The molecule has 1 amide bonds. The minimum Gasteiger partial charge on any atom is -0.311 e. The van der Waals surface area contributed by atoms with E-state index in [2.05, 4.69) is 22.9 Å². The lowest BCUT2D eigenvalue weighted by Crippen LogP contribution is -2.27. The lowest BCUT2D eigenvalue weighted by Gasteiger charge is -2.21. The highest BCUT2D eigenvalue weighted by Crippen LogP contribution is 2.21. The molecule has 0 N–H and O–H groups in total. The Labute approximate surface area is 175 Å². The third-order valence-electron chi connectivity index (χ3n) is 4.64. The number of pyridine rings is 1. The zero-order valence-corrected chi connectivity index (χ0v) is 16.1. The highest BCUT2D eigenvalue weighted by Gasteiger charge is 2.16. The van der Waals surface area contributed by atoms with Gasteiger partial charge in [0.1, 0.15) is 0 Å². The second kappa shape index (κ2) is 8.73. The summed E-state index contributed by atoms with van der Waals surface area (Å²) in [6.07, 6.45) is 8.82. The van der Waals surface area contributed by atoms with Crippen LogP contribution in [0.4, 0.5) is 0 Å². The Kier molecular flexibility index (Phi) is 5.51. The van der Waals surface area contributed by atoms with Gasteiger partial charge >= 0.3 is 0 Å². The van der Waals surface area contributed by atoms with E-state index in [0.29, 0.717) is 23.2 Å². The molecule has 0 bridgehead atoms. The summed E-state index contributed by atoms with van der Waals surface area (Å²) in [4.78, 5) is 18.7. The van der Waals surface area contributed by atoms with E-state index in [0.717, 1.165) is 16.7 Å². The Balaban J connectivity index is 1.48. The Morgan fingerprint density at radius 1 is 0.933 bits per heavy atom. The Morgan fingerprint density at radius 3 is 2.50 bits per heavy atom. The third kappa shape index (κ3) is 4.35. The molecule has 0 spiro atoms. The van der Waals surface area contributed by atoms with Crippen LogP contribution in [0.25, 0.3) is 5.57 Å². The number of carbonyl (C=O) groups excluding carboxylic acids is 1. The quantitative estimate of drug-likeness (QED) is 0.612. The van der Waals surface area contributed by atoms with E-state index in [4.69, 9.17) is 5.26 Å². The first-order chi connectivity index (χ1) is 14.7. The number of nitrogens with zero attached hydrogens (tertiary/aromatic N) is 3. The zero-order valence-electron chi connectivity index (χ0n) is 16.1. The maximum atomic E-state index is 12.9. The van der Waals surface area contributed by atoms with Gasteiger partial charge in [0.2, 0.25) is 0 Å². The fourth-order valence-corrected chi connectivity index (χ4v) is 3.09. The minimum absolute atomic E-state index is 0.136. The van der Waals surface area contributed by atoms with Crippen molar-refractivity contribution < 1.29 is 4.79 Å². The van der Waals surface area contributed by atoms with Crippen LogP contribution in [-0.2, 0) is 0 Å². The standard InChI is InChI=1S/C26H17N3O/c27-17-21-7-4-8-24(15-21)23-11-13-29(14-12-23)26(30)25-16-22(18-28-19-25)10-9-20-5-2-1-3-6-20/h1-8,11-13,15-16,18-19H,14H2. The number of hydrogen-bond donors (Lipinski definition) is 0. The first-order valence-electron chi connectivity index (χ1n) is 9.45. The predicted molar refractivity (Wildman–Crippen MR) is 116 cm³/mol. The molecular formula is C26H17N3O. The summed E-state index contributed by atoms with van der Waals surface area (Å²) >= 11 is 0.